The maximum Gasteiger partial charge on any atom is 0.306 e. The molecule has 0 aromatic heterocycles. The maximum absolute atomic E-state index is 12.9. The highest BCUT2D eigenvalue weighted by atomic mass is 16.6. The summed E-state index contributed by atoms with van der Waals surface area (Å²) in [5, 5.41) is 0. The summed E-state index contributed by atoms with van der Waals surface area (Å²) in [6, 6.07) is 0. The van der Waals surface area contributed by atoms with Crippen LogP contribution in [0, 0.1) is 0 Å². The first-order valence-electron chi connectivity index (χ1n) is 33.2. The first-order chi connectivity index (χ1) is 36.0. The molecule has 0 bridgehead atoms. The molecule has 0 N–H and O–H groups in total. The number of hydrogen-bond donors (Lipinski definition) is 0. The first-order valence-corrected chi connectivity index (χ1v) is 33.2. The van der Waals surface area contributed by atoms with Gasteiger partial charge in [-0.2, -0.15) is 0 Å². The molecule has 6 heteroatoms. The highest BCUT2D eigenvalue weighted by Crippen LogP contribution is 2.18. The summed E-state index contributed by atoms with van der Waals surface area (Å²) in [5.74, 6) is -0.832. The molecule has 73 heavy (non-hydrogen) atoms. The van der Waals surface area contributed by atoms with Gasteiger partial charge in [-0.1, -0.05) is 328 Å². The van der Waals surface area contributed by atoms with Crippen molar-refractivity contribution in [2.75, 3.05) is 13.2 Å². The summed E-state index contributed by atoms with van der Waals surface area (Å²) < 4.78 is 16.9. The third kappa shape index (κ3) is 60.9. The van der Waals surface area contributed by atoms with E-state index in [4.69, 9.17) is 14.2 Å². The lowest BCUT2D eigenvalue weighted by atomic mass is 10.0. The topological polar surface area (TPSA) is 78.9 Å². The predicted molar refractivity (Wildman–Crippen MR) is 317 cm³/mol. The van der Waals surface area contributed by atoms with Gasteiger partial charge in [-0.05, 0) is 44.9 Å². The Morgan fingerprint density at radius 1 is 0.260 bits per heavy atom. The summed E-state index contributed by atoms with van der Waals surface area (Å²) in [4.78, 5) is 38.2. The van der Waals surface area contributed by atoms with Gasteiger partial charge in [0.25, 0.3) is 0 Å². The summed E-state index contributed by atoms with van der Waals surface area (Å²) >= 11 is 0. The third-order valence-electron chi connectivity index (χ3n) is 15.3. The van der Waals surface area contributed by atoms with E-state index in [-0.39, 0.29) is 31.1 Å². The molecule has 0 saturated carbocycles. The Morgan fingerprint density at radius 2 is 0.452 bits per heavy atom. The Bertz CT molecular complexity index is 1130. The van der Waals surface area contributed by atoms with E-state index in [2.05, 4.69) is 32.9 Å². The van der Waals surface area contributed by atoms with E-state index in [1.165, 1.54) is 283 Å². The molecule has 6 nitrogen and oxygen atoms in total. The fourth-order valence-corrected chi connectivity index (χ4v) is 10.3. The lowest BCUT2D eigenvalue weighted by Gasteiger charge is -2.18. The zero-order valence-electron chi connectivity index (χ0n) is 49.7. The van der Waals surface area contributed by atoms with Crippen LogP contribution in [0.1, 0.15) is 380 Å². The van der Waals surface area contributed by atoms with Gasteiger partial charge in [-0.25, -0.2) is 0 Å². The van der Waals surface area contributed by atoms with Crippen molar-refractivity contribution in [1.29, 1.82) is 0 Å². The SMILES string of the molecule is CCCCCCCCCC/C=C\CCCCCCCCCCCCCCCCCCCC(=O)OCC(COC(=O)CCCCCCCCCCCCCCC)OC(=O)CCCCCCCCCCCCCCC. The van der Waals surface area contributed by atoms with E-state index in [9.17, 15) is 14.4 Å². The van der Waals surface area contributed by atoms with E-state index in [1.807, 2.05) is 0 Å². The van der Waals surface area contributed by atoms with Crippen molar-refractivity contribution >= 4 is 17.9 Å². The summed E-state index contributed by atoms with van der Waals surface area (Å²) in [6.07, 6.45) is 73.8. The molecule has 0 aromatic rings. The fraction of sp³-hybridized carbons (Fsp3) is 0.925. The minimum Gasteiger partial charge on any atom is -0.462 e. The van der Waals surface area contributed by atoms with Crippen LogP contribution in [0.5, 0.6) is 0 Å². The van der Waals surface area contributed by atoms with Crippen LogP contribution in [0.3, 0.4) is 0 Å². The van der Waals surface area contributed by atoms with Gasteiger partial charge in [0, 0.05) is 19.3 Å². The Morgan fingerprint density at radius 3 is 0.685 bits per heavy atom. The van der Waals surface area contributed by atoms with Crippen molar-refractivity contribution in [3.8, 4) is 0 Å². The molecule has 0 aliphatic rings. The molecule has 0 amide bonds. The molecule has 432 valence electrons. The van der Waals surface area contributed by atoms with Gasteiger partial charge >= 0.3 is 17.9 Å². The monoisotopic (exact) mass is 1030 g/mol. The minimum absolute atomic E-state index is 0.0625. The summed E-state index contributed by atoms with van der Waals surface area (Å²) in [6.45, 7) is 6.71. The smallest absolute Gasteiger partial charge is 0.306 e. The Hall–Kier alpha value is -1.85. The second-order valence-corrected chi connectivity index (χ2v) is 22.7. The molecule has 1 atom stereocenters. The van der Waals surface area contributed by atoms with Crippen LogP contribution >= 0.6 is 0 Å². The van der Waals surface area contributed by atoms with Crippen molar-refractivity contribution in [3.63, 3.8) is 0 Å². The predicted octanol–water partition coefficient (Wildman–Crippen LogP) is 22.4. The van der Waals surface area contributed by atoms with Gasteiger partial charge < -0.3 is 14.2 Å². The lowest BCUT2D eigenvalue weighted by molar-refractivity contribution is -0.167. The molecule has 0 aliphatic carbocycles. The van der Waals surface area contributed by atoms with Crippen LogP contribution in [0.15, 0.2) is 12.2 Å². The van der Waals surface area contributed by atoms with Crippen molar-refractivity contribution < 1.29 is 28.6 Å². The second-order valence-electron chi connectivity index (χ2n) is 22.7. The number of hydrogen-bond acceptors (Lipinski definition) is 6. The van der Waals surface area contributed by atoms with Crippen molar-refractivity contribution in [3.05, 3.63) is 12.2 Å². The number of ether oxygens (including phenoxy) is 3. The van der Waals surface area contributed by atoms with Crippen LogP contribution in [0.4, 0.5) is 0 Å². The van der Waals surface area contributed by atoms with Crippen molar-refractivity contribution in [1.82, 2.24) is 0 Å². The minimum atomic E-state index is -0.763. The molecule has 0 aromatic carbocycles. The maximum atomic E-state index is 12.9. The largest absolute Gasteiger partial charge is 0.462 e. The Balaban J connectivity index is 4.10. The molecular formula is C67H128O6. The van der Waals surface area contributed by atoms with Gasteiger partial charge in [0.1, 0.15) is 13.2 Å². The molecule has 1 unspecified atom stereocenters. The number of allylic oxidation sites excluding steroid dienone is 2. The quantitative estimate of drug-likeness (QED) is 0.0261. The van der Waals surface area contributed by atoms with Gasteiger partial charge in [-0.3, -0.25) is 14.4 Å². The van der Waals surface area contributed by atoms with Crippen LogP contribution in [0.2, 0.25) is 0 Å². The third-order valence-corrected chi connectivity index (χ3v) is 15.3. The number of rotatable bonds is 62. The van der Waals surface area contributed by atoms with Gasteiger partial charge in [0.15, 0.2) is 6.10 Å². The van der Waals surface area contributed by atoms with E-state index in [0.29, 0.717) is 19.3 Å². The standard InChI is InChI=1S/C67H128O6/c1-4-7-10-13-16-19-22-25-26-27-28-29-30-31-32-33-34-35-36-37-38-39-40-43-45-48-51-54-57-60-66(69)72-63-64(73-67(70)61-58-55-52-49-46-42-24-21-18-15-12-9-6-3)62-71-65(68)59-56-53-50-47-44-41-23-20-17-14-11-8-5-2/h27-28,64H,4-26,29-63H2,1-3H3/b28-27-. The van der Waals surface area contributed by atoms with Crippen LogP contribution < -0.4 is 0 Å². The normalized spacial score (nSPS) is 12.0. The van der Waals surface area contributed by atoms with Gasteiger partial charge in [0.05, 0.1) is 0 Å². The molecule has 0 aliphatic heterocycles. The number of carbonyl (C=O) groups excluding carboxylic acids is 3. The highest BCUT2D eigenvalue weighted by Gasteiger charge is 2.19. The van der Waals surface area contributed by atoms with E-state index in [1.54, 1.807) is 0 Å². The highest BCUT2D eigenvalue weighted by molar-refractivity contribution is 5.71. The van der Waals surface area contributed by atoms with E-state index < -0.39 is 6.10 Å². The number of unbranched alkanes of at least 4 members (excludes halogenated alkanes) is 49. The van der Waals surface area contributed by atoms with Crippen molar-refractivity contribution in [2.45, 2.75) is 386 Å². The number of carbonyl (C=O) groups is 3. The average Bonchev–Trinajstić information content (AvgIpc) is 3.39. The average molecular weight is 1030 g/mol. The molecule has 0 saturated heterocycles. The Labute approximate surface area is 456 Å². The first kappa shape index (κ1) is 71.2. The summed E-state index contributed by atoms with van der Waals surface area (Å²) in [5.41, 5.74) is 0. The second kappa shape index (κ2) is 62.7. The zero-order chi connectivity index (χ0) is 52.9. The molecule has 0 fully saturated rings. The van der Waals surface area contributed by atoms with Crippen molar-refractivity contribution in [2.24, 2.45) is 0 Å². The van der Waals surface area contributed by atoms with Crippen LogP contribution in [-0.4, -0.2) is 37.2 Å². The molecule has 0 heterocycles. The van der Waals surface area contributed by atoms with E-state index in [0.717, 1.165) is 57.8 Å². The molecular weight excluding hydrogens is 901 g/mol. The lowest BCUT2D eigenvalue weighted by Crippen LogP contribution is -2.30. The van der Waals surface area contributed by atoms with Gasteiger partial charge in [0.2, 0.25) is 0 Å². The Kier molecular flexibility index (Phi) is 61.1. The van der Waals surface area contributed by atoms with Gasteiger partial charge in [-0.15, -0.1) is 0 Å². The molecule has 0 rings (SSSR count). The summed E-state index contributed by atoms with van der Waals surface area (Å²) in [7, 11) is 0. The van der Waals surface area contributed by atoms with E-state index >= 15 is 0 Å². The fourth-order valence-electron chi connectivity index (χ4n) is 10.3. The van der Waals surface area contributed by atoms with Crippen LogP contribution in [0.25, 0.3) is 0 Å². The molecule has 0 spiro atoms. The number of esters is 3. The zero-order valence-corrected chi connectivity index (χ0v) is 49.7. The van der Waals surface area contributed by atoms with Crippen LogP contribution in [-0.2, 0) is 28.6 Å². The molecule has 0 radical (unpaired) electrons.